The number of carbonyl (C=O) groups is 2. The lowest BCUT2D eigenvalue weighted by Gasteiger charge is -2.36. The minimum absolute atomic E-state index is 0.0370. The summed E-state index contributed by atoms with van der Waals surface area (Å²) in [4.78, 5) is 24.4. The van der Waals surface area contributed by atoms with Crippen molar-refractivity contribution >= 4 is 23.8 Å². The third-order valence-corrected chi connectivity index (χ3v) is 8.63. The van der Waals surface area contributed by atoms with E-state index in [9.17, 15) is 19.8 Å². The number of aromatic carboxylic acids is 1. The predicted octanol–water partition coefficient (Wildman–Crippen LogP) is 7.29. The highest BCUT2D eigenvalue weighted by atomic mass is 32.2. The molecular formula is C36H35NO7S. The number of aliphatic hydroxyl groups is 1. The van der Waals surface area contributed by atoms with E-state index in [0.29, 0.717) is 23.6 Å². The first kappa shape index (κ1) is 32.0. The first-order chi connectivity index (χ1) is 21.9. The predicted molar refractivity (Wildman–Crippen MR) is 173 cm³/mol. The van der Waals surface area contributed by atoms with Gasteiger partial charge in [-0.3, -0.25) is 0 Å². The van der Waals surface area contributed by atoms with E-state index in [4.69, 9.17) is 14.2 Å². The van der Waals surface area contributed by atoms with Gasteiger partial charge in [-0.25, -0.2) is 9.59 Å². The molecule has 0 aromatic heterocycles. The van der Waals surface area contributed by atoms with E-state index in [1.165, 1.54) is 17.8 Å². The number of ether oxygens (including phenoxy) is 3. The van der Waals surface area contributed by atoms with E-state index in [1.807, 2.05) is 84.9 Å². The lowest BCUT2D eigenvalue weighted by Crippen LogP contribution is -2.31. The Morgan fingerprint density at radius 2 is 1.64 bits per heavy atom. The fourth-order valence-corrected chi connectivity index (χ4v) is 6.17. The smallest absolute Gasteiger partial charge is 0.407 e. The van der Waals surface area contributed by atoms with Crippen LogP contribution in [-0.2, 0) is 27.4 Å². The quantitative estimate of drug-likeness (QED) is 0.111. The maximum absolute atomic E-state index is 12.0. The van der Waals surface area contributed by atoms with Crippen molar-refractivity contribution in [3.05, 3.63) is 138 Å². The molecule has 3 atom stereocenters. The minimum Gasteiger partial charge on any atom is -0.478 e. The van der Waals surface area contributed by atoms with Crippen molar-refractivity contribution in [2.75, 3.05) is 12.4 Å². The summed E-state index contributed by atoms with van der Waals surface area (Å²) in [5.74, 6) is -0.418. The summed E-state index contributed by atoms with van der Waals surface area (Å²) >= 11 is 1.46. The van der Waals surface area contributed by atoms with Gasteiger partial charge in [0, 0.05) is 29.2 Å². The molecule has 4 aromatic carbocycles. The topological polar surface area (TPSA) is 114 Å². The van der Waals surface area contributed by atoms with Crippen LogP contribution in [0.2, 0.25) is 0 Å². The second-order valence-electron chi connectivity index (χ2n) is 10.5. The molecule has 1 aliphatic heterocycles. The first-order valence-electron chi connectivity index (χ1n) is 14.6. The van der Waals surface area contributed by atoms with Crippen LogP contribution in [0.15, 0.2) is 115 Å². The molecule has 45 heavy (non-hydrogen) atoms. The molecule has 1 amide bonds. The van der Waals surface area contributed by atoms with Gasteiger partial charge < -0.3 is 29.7 Å². The standard InChI is InChI=1S/C36H35NO7S/c1-2-19-42-36(41)37-21-28-7-3-4-8-30(28)25-15-17-27(18-16-25)35-43-29(23-45-33-10-6-5-9-31(33)34(39)40)20-32(44-35)26-13-11-24(22-38)12-14-26/h2-18,29,32,35,38H,1,19-23H2,(H,37,41)(H,39,40)/t29-,32+,35+/m0/s1. The first-order valence-corrected chi connectivity index (χ1v) is 15.6. The van der Waals surface area contributed by atoms with Gasteiger partial charge in [0.25, 0.3) is 0 Å². The number of benzene rings is 4. The average molecular weight is 626 g/mol. The largest absolute Gasteiger partial charge is 0.478 e. The number of alkyl carbamates (subject to hydrolysis) is 1. The molecule has 0 saturated carbocycles. The fourth-order valence-electron chi connectivity index (χ4n) is 5.10. The number of aliphatic hydroxyl groups excluding tert-OH is 1. The molecule has 0 radical (unpaired) electrons. The molecule has 0 aliphatic carbocycles. The van der Waals surface area contributed by atoms with E-state index in [0.717, 1.165) is 33.4 Å². The van der Waals surface area contributed by atoms with Crippen LogP contribution in [0.4, 0.5) is 4.79 Å². The van der Waals surface area contributed by atoms with Crippen molar-refractivity contribution in [3.8, 4) is 11.1 Å². The Kier molecular flexibility index (Phi) is 11.1. The highest BCUT2D eigenvalue weighted by Gasteiger charge is 2.32. The van der Waals surface area contributed by atoms with Gasteiger partial charge in [-0.1, -0.05) is 97.6 Å². The van der Waals surface area contributed by atoms with Crippen LogP contribution in [0.1, 0.15) is 51.4 Å². The molecule has 8 nitrogen and oxygen atoms in total. The zero-order valence-corrected chi connectivity index (χ0v) is 25.5. The molecule has 5 rings (SSSR count). The molecule has 232 valence electrons. The molecule has 1 aliphatic rings. The van der Waals surface area contributed by atoms with Crippen LogP contribution in [0, 0.1) is 0 Å². The van der Waals surface area contributed by atoms with Crippen molar-refractivity contribution in [2.24, 2.45) is 0 Å². The van der Waals surface area contributed by atoms with Gasteiger partial charge in [0.2, 0.25) is 0 Å². The van der Waals surface area contributed by atoms with E-state index < -0.39 is 18.4 Å². The lowest BCUT2D eigenvalue weighted by atomic mass is 9.98. The third kappa shape index (κ3) is 8.40. The van der Waals surface area contributed by atoms with Gasteiger partial charge in [0.15, 0.2) is 6.29 Å². The molecule has 1 fully saturated rings. The summed E-state index contributed by atoms with van der Waals surface area (Å²) < 4.78 is 18.0. The maximum atomic E-state index is 12.0. The monoisotopic (exact) mass is 625 g/mol. The normalized spacial score (nSPS) is 17.8. The Hall–Kier alpha value is -4.41. The number of amides is 1. The lowest BCUT2D eigenvalue weighted by molar-refractivity contribution is -0.245. The van der Waals surface area contributed by atoms with Gasteiger partial charge in [-0.15, -0.1) is 11.8 Å². The molecule has 1 saturated heterocycles. The molecule has 0 unspecified atom stereocenters. The fraction of sp³-hybridized carbons (Fsp3) is 0.222. The molecule has 4 aromatic rings. The second-order valence-corrected chi connectivity index (χ2v) is 11.5. The summed E-state index contributed by atoms with van der Waals surface area (Å²) in [7, 11) is 0. The van der Waals surface area contributed by atoms with Crippen molar-refractivity contribution < 1.29 is 34.0 Å². The Balaban J connectivity index is 1.34. The average Bonchev–Trinajstić information content (AvgIpc) is 3.09. The Bertz CT molecular complexity index is 1610. The van der Waals surface area contributed by atoms with Crippen LogP contribution >= 0.6 is 11.8 Å². The Labute approximate surface area is 266 Å². The molecule has 9 heteroatoms. The molecule has 0 bridgehead atoms. The van der Waals surface area contributed by atoms with Gasteiger partial charge in [0.1, 0.15) is 6.61 Å². The number of rotatable bonds is 12. The number of carboxylic acids is 1. The summed E-state index contributed by atoms with van der Waals surface area (Å²) in [6.07, 6.45) is 0.474. The minimum atomic E-state index is -0.962. The Morgan fingerprint density at radius 3 is 2.38 bits per heavy atom. The van der Waals surface area contributed by atoms with Crippen LogP contribution in [0.3, 0.4) is 0 Å². The number of nitrogens with one attached hydrogen (secondary N) is 1. The summed E-state index contributed by atoms with van der Waals surface area (Å²) in [5, 5.41) is 21.9. The van der Waals surface area contributed by atoms with Gasteiger partial charge in [-0.2, -0.15) is 0 Å². The van der Waals surface area contributed by atoms with Gasteiger partial charge in [-0.05, 0) is 39.9 Å². The molecular weight excluding hydrogens is 590 g/mol. The summed E-state index contributed by atoms with van der Waals surface area (Å²) in [6.45, 7) is 3.97. The number of carboxylic acid groups (broad SMARTS) is 1. The van der Waals surface area contributed by atoms with E-state index in [1.54, 1.807) is 12.1 Å². The zero-order valence-electron chi connectivity index (χ0n) is 24.6. The highest BCUT2D eigenvalue weighted by molar-refractivity contribution is 7.99. The maximum Gasteiger partial charge on any atom is 0.407 e. The number of hydrogen-bond donors (Lipinski definition) is 3. The van der Waals surface area contributed by atoms with E-state index in [2.05, 4.69) is 11.9 Å². The van der Waals surface area contributed by atoms with Crippen molar-refractivity contribution in [2.45, 2.75) is 43.0 Å². The van der Waals surface area contributed by atoms with Crippen LogP contribution in [0.5, 0.6) is 0 Å². The molecule has 0 spiro atoms. The SMILES string of the molecule is C=CCOC(=O)NCc1ccccc1-c1ccc([C@@H]2O[C@H](CSc3ccccc3C(=O)O)C[C@H](c3ccc(CO)cc3)O2)cc1. The van der Waals surface area contributed by atoms with Crippen molar-refractivity contribution in [3.63, 3.8) is 0 Å². The van der Waals surface area contributed by atoms with E-state index in [-0.39, 0.29) is 31.0 Å². The number of hydrogen-bond acceptors (Lipinski definition) is 7. The highest BCUT2D eigenvalue weighted by Crippen LogP contribution is 2.40. The second kappa shape index (κ2) is 15.5. The summed E-state index contributed by atoms with van der Waals surface area (Å²) in [5.41, 5.74) is 5.80. The number of carbonyl (C=O) groups excluding carboxylic acids is 1. The van der Waals surface area contributed by atoms with E-state index >= 15 is 0 Å². The van der Waals surface area contributed by atoms with Crippen molar-refractivity contribution in [1.29, 1.82) is 0 Å². The van der Waals surface area contributed by atoms with Crippen molar-refractivity contribution in [1.82, 2.24) is 5.32 Å². The van der Waals surface area contributed by atoms with Gasteiger partial charge >= 0.3 is 12.1 Å². The third-order valence-electron chi connectivity index (χ3n) is 7.42. The van der Waals surface area contributed by atoms with Crippen LogP contribution in [-0.4, -0.2) is 40.7 Å². The molecule has 3 N–H and O–H groups in total. The number of thioether (sulfide) groups is 1. The van der Waals surface area contributed by atoms with Crippen LogP contribution < -0.4 is 5.32 Å². The van der Waals surface area contributed by atoms with Gasteiger partial charge in [0.05, 0.1) is 24.4 Å². The van der Waals surface area contributed by atoms with Crippen LogP contribution in [0.25, 0.3) is 11.1 Å². The zero-order chi connectivity index (χ0) is 31.6. The molecule has 1 heterocycles. The summed E-state index contributed by atoms with van der Waals surface area (Å²) in [6, 6.07) is 30.5. The Morgan fingerprint density at radius 1 is 0.933 bits per heavy atom.